The first-order valence-electron chi connectivity index (χ1n) is 10.3. The first-order chi connectivity index (χ1) is 13.2. The number of nitrogens with one attached hydrogen (secondary N) is 1. The summed E-state index contributed by atoms with van der Waals surface area (Å²) in [6.07, 6.45) is 9.75. The Labute approximate surface area is 163 Å². The molecule has 0 radical (unpaired) electrons. The highest BCUT2D eigenvalue weighted by molar-refractivity contribution is 5.74. The molecular weight excluding hydrogens is 338 g/mol. The van der Waals surface area contributed by atoms with E-state index < -0.39 is 0 Å². The Hall–Kier alpha value is -2.01. The van der Waals surface area contributed by atoms with Gasteiger partial charge in [0.2, 0.25) is 0 Å². The van der Waals surface area contributed by atoms with Gasteiger partial charge >= 0.3 is 6.03 Å². The molecule has 1 aliphatic heterocycles. The molecule has 27 heavy (non-hydrogen) atoms. The molecule has 5 heteroatoms. The fraction of sp³-hybridized carbons (Fsp3) is 0.591. The monoisotopic (exact) mass is 371 g/mol. The largest absolute Gasteiger partial charge is 0.497 e. The van der Waals surface area contributed by atoms with E-state index in [1.54, 1.807) is 12.7 Å². The lowest BCUT2D eigenvalue weighted by molar-refractivity contribution is 0.140. The normalized spacial score (nSPS) is 18.1. The predicted molar refractivity (Wildman–Crippen MR) is 109 cm³/mol. The molecule has 3 rings (SSSR count). The summed E-state index contributed by atoms with van der Waals surface area (Å²) in [5, 5.41) is 3.06. The molecule has 2 amide bonds. The molecule has 5 nitrogen and oxygen atoms in total. The highest BCUT2D eigenvalue weighted by Gasteiger charge is 2.20. The minimum absolute atomic E-state index is 0.0677. The van der Waals surface area contributed by atoms with Crippen molar-refractivity contribution >= 4 is 6.03 Å². The Bertz CT molecular complexity index is 619. The molecule has 148 valence electrons. The summed E-state index contributed by atoms with van der Waals surface area (Å²) in [6.45, 7) is 5.43. The van der Waals surface area contributed by atoms with Gasteiger partial charge in [0.15, 0.2) is 0 Å². The van der Waals surface area contributed by atoms with Crippen molar-refractivity contribution in [1.82, 2.24) is 15.1 Å². The van der Waals surface area contributed by atoms with Gasteiger partial charge in [-0.05, 0) is 56.2 Å². The quantitative estimate of drug-likeness (QED) is 0.747. The third-order valence-corrected chi connectivity index (χ3v) is 5.64. The number of methoxy groups -OCH3 is 1. The van der Waals surface area contributed by atoms with Gasteiger partial charge in [-0.25, -0.2) is 4.79 Å². The zero-order valence-corrected chi connectivity index (χ0v) is 16.6. The zero-order valence-electron chi connectivity index (χ0n) is 16.6. The lowest BCUT2D eigenvalue weighted by atomic mass is 9.97. The number of hydrogen-bond donors (Lipinski definition) is 1. The van der Waals surface area contributed by atoms with E-state index >= 15 is 0 Å². The number of carbonyl (C=O) groups excluding carboxylic acids is 1. The van der Waals surface area contributed by atoms with Crippen molar-refractivity contribution in [3.05, 3.63) is 41.5 Å². The van der Waals surface area contributed by atoms with Crippen LogP contribution in [0.4, 0.5) is 4.79 Å². The number of piperazine rings is 1. The third-order valence-electron chi connectivity index (χ3n) is 5.64. The molecule has 0 saturated carbocycles. The van der Waals surface area contributed by atoms with Crippen molar-refractivity contribution in [2.24, 2.45) is 0 Å². The maximum absolute atomic E-state index is 12.4. The maximum atomic E-state index is 12.4. The van der Waals surface area contributed by atoms with Crippen molar-refractivity contribution in [2.75, 3.05) is 46.4 Å². The molecule has 0 unspecified atom stereocenters. The highest BCUT2D eigenvalue weighted by Crippen LogP contribution is 2.20. The molecular formula is C22H33N3O2. The minimum Gasteiger partial charge on any atom is -0.497 e. The molecule has 1 aromatic rings. The lowest BCUT2D eigenvalue weighted by Crippen LogP contribution is -2.52. The Morgan fingerprint density at radius 1 is 1.07 bits per heavy atom. The van der Waals surface area contributed by atoms with Gasteiger partial charge in [0.05, 0.1) is 7.11 Å². The first-order valence-corrected chi connectivity index (χ1v) is 10.3. The van der Waals surface area contributed by atoms with Crippen LogP contribution in [0.25, 0.3) is 0 Å². The number of carbonyl (C=O) groups is 1. The van der Waals surface area contributed by atoms with E-state index in [0.717, 1.165) is 44.9 Å². The molecule has 1 saturated heterocycles. The first kappa shape index (κ1) is 19.7. The lowest BCUT2D eigenvalue weighted by Gasteiger charge is -2.35. The van der Waals surface area contributed by atoms with E-state index in [0.29, 0.717) is 6.54 Å². The molecule has 1 aromatic carbocycles. The Kier molecular flexibility index (Phi) is 7.57. The summed E-state index contributed by atoms with van der Waals surface area (Å²) >= 11 is 0. The van der Waals surface area contributed by atoms with Crippen LogP contribution in [0.15, 0.2) is 35.9 Å². The highest BCUT2D eigenvalue weighted by atomic mass is 16.5. The molecule has 0 aromatic heterocycles. The van der Waals surface area contributed by atoms with Crippen LogP contribution in [0.2, 0.25) is 0 Å². The molecule has 0 spiro atoms. The number of allylic oxidation sites excluding steroid dienone is 1. The van der Waals surface area contributed by atoms with Crippen LogP contribution in [-0.4, -0.2) is 62.2 Å². The molecule has 1 heterocycles. The van der Waals surface area contributed by atoms with E-state index in [-0.39, 0.29) is 6.03 Å². The van der Waals surface area contributed by atoms with Crippen LogP contribution in [0, 0.1) is 0 Å². The van der Waals surface area contributed by atoms with Crippen molar-refractivity contribution < 1.29 is 9.53 Å². The van der Waals surface area contributed by atoms with Gasteiger partial charge in [0, 0.05) is 39.3 Å². The van der Waals surface area contributed by atoms with Crippen LogP contribution in [0.5, 0.6) is 5.75 Å². The zero-order chi connectivity index (χ0) is 18.9. The van der Waals surface area contributed by atoms with Crippen LogP contribution in [0.3, 0.4) is 0 Å². The van der Waals surface area contributed by atoms with Crippen LogP contribution < -0.4 is 10.1 Å². The van der Waals surface area contributed by atoms with Crippen LogP contribution in [-0.2, 0) is 6.42 Å². The number of ether oxygens (including phenoxy) is 1. The average Bonchev–Trinajstić information content (AvgIpc) is 2.74. The number of hydrogen-bond acceptors (Lipinski definition) is 3. The summed E-state index contributed by atoms with van der Waals surface area (Å²) < 4.78 is 5.17. The molecule has 2 aliphatic rings. The second kappa shape index (κ2) is 10.4. The number of nitrogens with zero attached hydrogens (tertiary/aromatic N) is 2. The summed E-state index contributed by atoms with van der Waals surface area (Å²) in [7, 11) is 1.67. The topological polar surface area (TPSA) is 44.8 Å². The SMILES string of the molecule is COc1ccc(CCNC(=O)N2CCN(CCC3=CCCCC3)CC2)cc1. The Morgan fingerprint density at radius 3 is 2.52 bits per heavy atom. The van der Waals surface area contributed by atoms with Crippen molar-refractivity contribution in [1.29, 1.82) is 0 Å². The molecule has 1 N–H and O–H groups in total. The Balaban J connectivity index is 1.31. The number of benzene rings is 1. The smallest absolute Gasteiger partial charge is 0.317 e. The van der Waals surface area contributed by atoms with E-state index in [2.05, 4.69) is 16.3 Å². The van der Waals surface area contributed by atoms with Gasteiger partial charge in [0.25, 0.3) is 0 Å². The average molecular weight is 372 g/mol. The number of amides is 2. The van der Waals surface area contributed by atoms with Crippen LogP contribution in [0.1, 0.15) is 37.7 Å². The van der Waals surface area contributed by atoms with Crippen molar-refractivity contribution in [2.45, 2.75) is 38.5 Å². The number of rotatable bonds is 7. The van der Waals surface area contributed by atoms with E-state index in [1.165, 1.54) is 37.7 Å². The third kappa shape index (κ3) is 6.28. The standard InChI is InChI=1S/C22H33N3O2/c1-27-21-9-7-20(8-10-21)11-13-23-22(26)25-17-15-24(16-18-25)14-12-19-5-3-2-4-6-19/h5,7-10H,2-4,6,11-18H2,1H3,(H,23,26). The predicted octanol–water partition coefficient (Wildman–Crippen LogP) is 3.46. The van der Waals surface area contributed by atoms with Gasteiger partial charge in [0.1, 0.15) is 5.75 Å². The van der Waals surface area contributed by atoms with Gasteiger partial charge < -0.3 is 15.0 Å². The molecule has 0 atom stereocenters. The summed E-state index contributed by atoms with van der Waals surface area (Å²) in [6, 6.07) is 8.08. The second-order valence-corrected chi connectivity index (χ2v) is 7.52. The van der Waals surface area contributed by atoms with Crippen molar-refractivity contribution in [3.63, 3.8) is 0 Å². The van der Waals surface area contributed by atoms with Gasteiger partial charge in [-0.15, -0.1) is 0 Å². The fourth-order valence-corrected chi connectivity index (χ4v) is 3.83. The van der Waals surface area contributed by atoms with Gasteiger partial charge in [-0.2, -0.15) is 0 Å². The van der Waals surface area contributed by atoms with E-state index in [4.69, 9.17) is 4.74 Å². The van der Waals surface area contributed by atoms with Crippen LogP contribution >= 0.6 is 0 Å². The summed E-state index contributed by atoms with van der Waals surface area (Å²) in [4.78, 5) is 16.8. The minimum atomic E-state index is 0.0677. The van der Waals surface area contributed by atoms with Crippen molar-refractivity contribution in [3.8, 4) is 5.75 Å². The number of urea groups is 1. The maximum Gasteiger partial charge on any atom is 0.317 e. The van der Waals surface area contributed by atoms with Gasteiger partial charge in [-0.1, -0.05) is 23.8 Å². The summed E-state index contributed by atoms with van der Waals surface area (Å²) in [5.74, 6) is 0.862. The van der Waals surface area contributed by atoms with Gasteiger partial charge in [-0.3, -0.25) is 4.90 Å². The summed E-state index contributed by atoms with van der Waals surface area (Å²) in [5.41, 5.74) is 2.85. The second-order valence-electron chi connectivity index (χ2n) is 7.52. The Morgan fingerprint density at radius 2 is 1.85 bits per heavy atom. The van der Waals surface area contributed by atoms with E-state index in [9.17, 15) is 4.79 Å². The molecule has 0 bridgehead atoms. The molecule has 1 fully saturated rings. The molecule has 1 aliphatic carbocycles. The fourth-order valence-electron chi connectivity index (χ4n) is 3.83. The van der Waals surface area contributed by atoms with E-state index in [1.807, 2.05) is 29.2 Å².